The Bertz CT molecular complexity index is 614. The number of hydrogen-bond acceptors (Lipinski definition) is 4. The number of benzene rings is 1. The lowest BCUT2D eigenvalue weighted by atomic mass is 9.99. The Morgan fingerprint density at radius 2 is 2.08 bits per heavy atom. The maximum Gasteiger partial charge on any atom is 0.410 e. The third-order valence-corrected chi connectivity index (χ3v) is 4.37. The molecule has 0 bridgehead atoms. The summed E-state index contributed by atoms with van der Waals surface area (Å²) < 4.78 is 30.3. The van der Waals surface area contributed by atoms with Gasteiger partial charge in [-0.05, 0) is 51.3 Å². The zero-order chi connectivity index (χ0) is 18.7. The second-order valence-corrected chi connectivity index (χ2v) is 7.45. The number of halogens is 1. The summed E-state index contributed by atoms with van der Waals surface area (Å²) in [6.45, 7) is 8.95. The van der Waals surface area contributed by atoms with E-state index in [9.17, 15) is 9.18 Å². The predicted octanol–water partition coefficient (Wildman–Crippen LogP) is 4.14. The van der Waals surface area contributed by atoms with Crippen LogP contribution < -0.4 is 4.74 Å². The van der Waals surface area contributed by atoms with Gasteiger partial charge in [-0.1, -0.05) is 13.0 Å². The van der Waals surface area contributed by atoms with Crippen LogP contribution in [0.3, 0.4) is 0 Å². The van der Waals surface area contributed by atoms with E-state index in [1.807, 2.05) is 27.7 Å². The highest BCUT2D eigenvalue weighted by atomic mass is 19.1. The molecule has 1 fully saturated rings. The third-order valence-electron chi connectivity index (χ3n) is 4.37. The molecule has 1 amide bonds. The van der Waals surface area contributed by atoms with E-state index >= 15 is 0 Å². The van der Waals surface area contributed by atoms with Crippen molar-refractivity contribution in [3.05, 3.63) is 29.6 Å². The van der Waals surface area contributed by atoms with E-state index in [0.717, 1.165) is 18.4 Å². The van der Waals surface area contributed by atoms with E-state index in [1.165, 1.54) is 13.2 Å². The van der Waals surface area contributed by atoms with Gasteiger partial charge in [0.05, 0.1) is 25.9 Å². The molecule has 2 rings (SSSR count). The Balaban J connectivity index is 1.98. The fraction of sp³-hybridized carbons (Fsp3) is 0.632. The normalized spacial score (nSPS) is 20.6. The minimum Gasteiger partial charge on any atom is -0.494 e. The van der Waals surface area contributed by atoms with Crippen LogP contribution in [-0.2, 0) is 16.1 Å². The fourth-order valence-corrected chi connectivity index (χ4v) is 2.87. The molecular formula is C19H28FNO4. The van der Waals surface area contributed by atoms with Crippen LogP contribution in [0.4, 0.5) is 9.18 Å². The third kappa shape index (κ3) is 5.08. The van der Waals surface area contributed by atoms with Crippen molar-refractivity contribution < 1.29 is 23.4 Å². The molecule has 0 spiro atoms. The number of methoxy groups -OCH3 is 1. The van der Waals surface area contributed by atoms with E-state index in [1.54, 1.807) is 17.0 Å². The maximum atomic E-state index is 13.8. The number of carbonyl (C=O) groups excluding carboxylic acids is 1. The lowest BCUT2D eigenvalue weighted by Gasteiger charge is -2.29. The van der Waals surface area contributed by atoms with Crippen LogP contribution in [0.25, 0.3) is 0 Å². The van der Waals surface area contributed by atoms with Gasteiger partial charge in [-0.3, -0.25) is 0 Å². The SMILES string of the molecule is CCC1(OCc2ccc(OC)c(F)c2)CCN(C(=O)OC(C)(C)C)C1. The number of ether oxygens (including phenoxy) is 3. The van der Waals surface area contributed by atoms with Crippen molar-refractivity contribution in [1.29, 1.82) is 0 Å². The highest BCUT2D eigenvalue weighted by Crippen LogP contribution is 2.31. The van der Waals surface area contributed by atoms with E-state index in [-0.39, 0.29) is 18.4 Å². The molecule has 5 nitrogen and oxygen atoms in total. The summed E-state index contributed by atoms with van der Waals surface area (Å²) >= 11 is 0. The van der Waals surface area contributed by atoms with Gasteiger partial charge in [0.2, 0.25) is 0 Å². The van der Waals surface area contributed by atoms with E-state index in [0.29, 0.717) is 13.1 Å². The van der Waals surface area contributed by atoms with Crippen LogP contribution in [0.2, 0.25) is 0 Å². The Morgan fingerprint density at radius 1 is 1.36 bits per heavy atom. The molecule has 0 radical (unpaired) electrons. The molecule has 1 aliphatic heterocycles. The first-order valence-electron chi connectivity index (χ1n) is 8.62. The van der Waals surface area contributed by atoms with E-state index < -0.39 is 17.0 Å². The zero-order valence-corrected chi connectivity index (χ0v) is 15.7. The quantitative estimate of drug-likeness (QED) is 0.798. The minimum atomic E-state index is -0.518. The van der Waals surface area contributed by atoms with Crippen LogP contribution in [0.5, 0.6) is 5.75 Å². The standard InChI is InChI=1S/C19H28FNO4/c1-6-19(9-10-21(13-19)17(22)25-18(2,3)4)24-12-14-7-8-16(23-5)15(20)11-14/h7-8,11H,6,9-10,12-13H2,1-5H3. The molecule has 1 aromatic carbocycles. The van der Waals surface area contributed by atoms with Gasteiger partial charge in [0.25, 0.3) is 0 Å². The molecule has 6 heteroatoms. The molecule has 25 heavy (non-hydrogen) atoms. The number of likely N-dealkylation sites (tertiary alicyclic amines) is 1. The summed E-state index contributed by atoms with van der Waals surface area (Å²) in [6.07, 6.45) is 1.19. The molecule has 0 N–H and O–H groups in total. The van der Waals surface area contributed by atoms with Crippen molar-refractivity contribution in [3.8, 4) is 5.75 Å². The zero-order valence-electron chi connectivity index (χ0n) is 15.7. The van der Waals surface area contributed by atoms with Crippen molar-refractivity contribution in [2.75, 3.05) is 20.2 Å². The van der Waals surface area contributed by atoms with Gasteiger partial charge < -0.3 is 19.1 Å². The summed E-state index contributed by atoms with van der Waals surface area (Å²) in [5, 5.41) is 0. The average molecular weight is 353 g/mol. The molecule has 0 aromatic heterocycles. The molecule has 1 unspecified atom stereocenters. The monoisotopic (exact) mass is 353 g/mol. The molecule has 1 atom stereocenters. The van der Waals surface area contributed by atoms with Crippen molar-refractivity contribution in [2.24, 2.45) is 0 Å². The van der Waals surface area contributed by atoms with E-state index in [2.05, 4.69) is 0 Å². The first kappa shape index (κ1) is 19.5. The van der Waals surface area contributed by atoms with Crippen LogP contribution >= 0.6 is 0 Å². The van der Waals surface area contributed by atoms with Crippen molar-refractivity contribution >= 4 is 6.09 Å². The van der Waals surface area contributed by atoms with Gasteiger partial charge in [-0.2, -0.15) is 0 Å². The minimum absolute atomic E-state index is 0.214. The molecule has 1 heterocycles. The van der Waals surface area contributed by atoms with Crippen LogP contribution in [-0.4, -0.2) is 42.4 Å². The summed E-state index contributed by atoms with van der Waals surface area (Å²) in [5.41, 5.74) is -0.203. The molecule has 140 valence electrons. The highest BCUT2D eigenvalue weighted by Gasteiger charge is 2.41. The summed E-state index contributed by atoms with van der Waals surface area (Å²) in [4.78, 5) is 13.9. The van der Waals surface area contributed by atoms with Gasteiger partial charge in [-0.15, -0.1) is 0 Å². The fourth-order valence-electron chi connectivity index (χ4n) is 2.87. The van der Waals surface area contributed by atoms with Gasteiger partial charge in [0.1, 0.15) is 5.60 Å². The Morgan fingerprint density at radius 3 is 2.64 bits per heavy atom. The first-order chi connectivity index (χ1) is 11.7. The highest BCUT2D eigenvalue weighted by molar-refractivity contribution is 5.68. The number of nitrogens with zero attached hydrogens (tertiary/aromatic N) is 1. The summed E-state index contributed by atoms with van der Waals surface area (Å²) in [7, 11) is 1.43. The van der Waals surface area contributed by atoms with Crippen LogP contribution in [0.15, 0.2) is 18.2 Å². The molecule has 1 aliphatic rings. The summed E-state index contributed by atoms with van der Waals surface area (Å²) in [6, 6.07) is 4.79. The van der Waals surface area contributed by atoms with Gasteiger partial charge in [0, 0.05) is 6.54 Å². The number of carbonyl (C=O) groups is 1. The topological polar surface area (TPSA) is 48.0 Å². The predicted molar refractivity (Wildman–Crippen MR) is 93.2 cm³/mol. The number of amides is 1. The lowest BCUT2D eigenvalue weighted by molar-refractivity contribution is -0.0528. The number of rotatable bonds is 5. The summed E-state index contributed by atoms with van der Waals surface area (Å²) in [5.74, 6) is -0.193. The van der Waals surface area contributed by atoms with Crippen molar-refractivity contribution in [2.45, 2.75) is 58.3 Å². The van der Waals surface area contributed by atoms with Crippen LogP contribution in [0.1, 0.15) is 46.1 Å². The maximum absolute atomic E-state index is 13.8. The van der Waals surface area contributed by atoms with Gasteiger partial charge in [-0.25, -0.2) is 9.18 Å². The second kappa shape index (κ2) is 7.60. The largest absolute Gasteiger partial charge is 0.494 e. The van der Waals surface area contributed by atoms with E-state index in [4.69, 9.17) is 14.2 Å². The second-order valence-electron chi connectivity index (χ2n) is 7.45. The molecule has 0 saturated carbocycles. The smallest absolute Gasteiger partial charge is 0.410 e. The molecule has 0 aliphatic carbocycles. The Kier molecular flexibility index (Phi) is 5.93. The first-order valence-corrected chi connectivity index (χ1v) is 8.62. The Hall–Kier alpha value is -1.82. The molecule has 1 aromatic rings. The number of hydrogen-bond donors (Lipinski definition) is 0. The van der Waals surface area contributed by atoms with Gasteiger partial charge >= 0.3 is 6.09 Å². The molecule has 1 saturated heterocycles. The molecular weight excluding hydrogens is 325 g/mol. The van der Waals surface area contributed by atoms with Crippen LogP contribution in [0, 0.1) is 5.82 Å². The van der Waals surface area contributed by atoms with Crippen molar-refractivity contribution in [3.63, 3.8) is 0 Å². The lowest BCUT2D eigenvalue weighted by Crippen LogP contribution is -2.40. The van der Waals surface area contributed by atoms with Crippen molar-refractivity contribution in [1.82, 2.24) is 4.90 Å². The Labute approximate surface area is 149 Å². The average Bonchev–Trinajstić information content (AvgIpc) is 2.97. The van der Waals surface area contributed by atoms with Gasteiger partial charge in [0.15, 0.2) is 11.6 Å².